The molecule has 0 unspecified atom stereocenters. The van der Waals surface area contributed by atoms with Gasteiger partial charge >= 0.3 is 5.97 Å². The molecule has 0 atom stereocenters. The average Bonchev–Trinajstić information content (AvgIpc) is 2.22. The first-order chi connectivity index (χ1) is 7.60. The molecule has 0 amide bonds. The zero-order valence-electron chi connectivity index (χ0n) is 9.32. The molecule has 0 aliphatic rings. The van der Waals surface area contributed by atoms with Crippen LogP contribution in [0.4, 0.5) is 5.69 Å². The summed E-state index contributed by atoms with van der Waals surface area (Å²) in [6, 6.07) is 2.85. The molecule has 1 rings (SSSR count). The van der Waals surface area contributed by atoms with Crippen molar-refractivity contribution in [2.75, 3.05) is 18.9 Å². The Kier molecular flexibility index (Phi) is 3.99. The third-order valence-electron chi connectivity index (χ3n) is 1.95. The average molecular weight is 225 g/mol. The molecule has 5 heteroatoms. The van der Waals surface area contributed by atoms with Crippen molar-refractivity contribution in [1.82, 2.24) is 0 Å². The van der Waals surface area contributed by atoms with E-state index in [1.165, 1.54) is 12.1 Å². The van der Waals surface area contributed by atoms with Crippen LogP contribution in [0.5, 0.6) is 11.5 Å². The van der Waals surface area contributed by atoms with E-state index >= 15 is 0 Å². The molecule has 88 valence electrons. The molecule has 3 N–H and O–H groups in total. The topological polar surface area (TPSA) is 81.8 Å². The second-order valence-electron chi connectivity index (χ2n) is 3.06. The summed E-state index contributed by atoms with van der Waals surface area (Å²) >= 11 is 0. The Morgan fingerprint density at radius 1 is 1.25 bits per heavy atom. The van der Waals surface area contributed by atoms with Gasteiger partial charge in [0.2, 0.25) is 0 Å². The molecule has 0 radical (unpaired) electrons. The minimum atomic E-state index is -1.08. The van der Waals surface area contributed by atoms with E-state index in [1.54, 1.807) is 0 Å². The number of nitrogens with two attached hydrogens (primary N) is 1. The first kappa shape index (κ1) is 12.2. The van der Waals surface area contributed by atoms with E-state index in [2.05, 4.69) is 0 Å². The number of benzene rings is 1. The maximum atomic E-state index is 10.9. The molecule has 0 aliphatic carbocycles. The highest BCUT2D eigenvalue weighted by atomic mass is 16.5. The summed E-state index contributed by atoms with van der Waals surface area (Å²) in [6.45, 7) is 4.54. The van der Waals surface area contributed by atoms with Crippen molar-refractivity contribution in [2.45, 2.75) is 13.8 Å². The quantitative estimate of drug-likeness (QED) is 0.746. The number of nitrogen functional groups attached to an aromatic ring is 1. The SMILES string of the molecule is CCOc1cc(N)c(C(=O)O)cc1OCC. The van der Waals surface area contributed by atoms with Gasteiger partial charge < -0.3 is 20.3 Å². The molecule has 0 spiro atoms. The van der Waals surface area contributed by atoms with Gasteiger partial charge in [0.25, 0.3) is 0 Å². The summed E-state index contributed by atoms with van der Waals surface area (Å²) in [7, 11) is 0. The van der Waals surface area contributed by atoms with Crippen LogP contribution in [0, 0.1) is 0 Å². The summed E-state index contributed by atoms with van der Waals surface area (Å²) in [5.74, 6) is -0.218. The fourth-order valence-electron chi connectivity index (χ4n) is 1.30. The predicted octanol–water partition coefficient (Wildman–Crippen LogP) is 1.76. The highest BCUT2D eigenvalue weighted by Gasteiger charge is 2.14. The van der Waals surface area contributed by atoms with Crippen LogP contribution < -0.4 is 15.2 Å². The van der Waals surface area contributed by atoms with E-state index in [-0.39, 0.29) is 11.3 Å². The van der Waals surface area contributed by atoms with Gasteiger partial charge in [-0.05, 0) is 13.8 Å². The Labute approximate surface area is 93.8 Å². The van der Waals surface area contributed by atoms with E-state index < -0.39 is 5.97 Å². The number of rotatable bonds is 5. The van der Waals surface area contributed by atoms with Crippen molar-refractivity contribution < 1.29 is 19.4 Å². The minimum Gasteiger partial charge on any atom is -0.490 e. The Bertz CT molecular complexity index is 390. The fraction of sp³-hybridized carbons (Fsp3) is 0.364. The summed E-state index contributed by atoms with van der Waals surface area (Å²) < 4.78 is 10.6. The fourth-order valence-corrected chi connectivity index (χ4v) is 1.30. The van der Waals surface area contributed by atoms with Crippen molar-refractivity contribution in [3.63, 3.8) is 0 Å². The van der Waals surface area contributed by atoms with Crippen LogP contribution >= 0.6 is 0 Å². The van der Waals surface area contributed by atoms with Crippen LogP contribution in [-0.2, 0) is 0 Å². The van der Waals surface area contributed by atoms with Gasteiger partial charge in [-0.25, -0.2) is 4.79 Å². The third kappa shape index (κ3) is 2.56. The first-order valence-electron chi connectivity index (χ1n) is 5.02. The smallest absolute Gasteiger partial charge is 0.337 e. The molecule has 0 saturated heterocycles. The standard InChI is InChI=1S/C11H15NO4/c1-3-15-9-5-7(11(13)14)8(12)6-10(9)16-4-2/h5-6H,3-4,12H2,1-2H3,(H,13,14). The van der Waals surface area contributed by atoms with Crippen LogP contribution in [0.2, 0.25) is 0 Å². The van der Waals surface area contributed by atoms with Gasteiger partial charge in [-0.2, -0.15) is 0 Å². The highest BCUT2D eigenvalue weighted by molar-refractivity contribution is 5.94. The Morgan fingerprint density at radius 3 is 2.19 bits per heavy atom. The third-order valence-corrected chi connectivity index (χ3v) is 1.95. The normalized spacial score (nSPS) is 9.88. The van der Waals surface area contributed by atoms with E-state index in [0.717, 1.165) is 0 Å². The van der Waals surface area contributed by atoms with Crippen LogP contribution in [0.3, 0.4) is 0 Å². The molecule has 0 saturated carbocycles. The van der Waals surface area contributed by atoms with Crippen molar-refractivity contribution >= 4 is 11.7 Å². The molecule has 0 heterocycles. The number of hydrogen-bond donors (Lipinski definition) is 2. The second kappa shape index (κ2) is 5.25. The Balaban J connectivity index is 3.19. The molecule has 0 aromatic heterocycles. The number of carbonyl (C=O) groups is 1. The number of hydrogen-bond acceptors (Lipinski definition) is 4. The molecule has 0 aliphatic heterocycles. The lowest BCUT2D eigenvalue weighted by Crippen LogP contribution is -2.06. The zero-order chi connectivity index (χ0) is 12.1. The van der Waals surface area contributed by atoms with E-state index in [4.69, 9.17) is 20.3 Å². The minimum absolute atomic E-state index is 0.0203. The highest BCUT2D eigenvalue weighted by Crippen LogP contribution is 2.32. The molecule has 0 fully saturated rings. The molecule has 1 aromatic rings. The van der Waals surface area contributed by atoms with Gasteiger partial charge in [-0.15, -0.1) is 0 Å². The number of carboxylic acids is 1. The van der Waals surface area contributed by atoms with Crippen LogP contribution in [0.15, 0.2) is 12.1 Å². The molecule has 0 bridgehead atoms. The molecular formula is C11H15NO4. The van der Waals surface area contributed by atoms with Gasteiger partial charge in [-0.3, -0.25) is 0 Å². The van der Waals surface area contributed by atoms with E-state index in [1.807, 2.05) is 13.8 Å². The van der Waals surface area contributed by atoms with Gasteiger partial charge in [0.05, 0.1) is 24.5 Å². The maximum absolute atomic E-state index is 10.9. The summed E-state index contributed by atoms with van der Waals surface area (Å²) in [5.41, 5.74) is 5.79. The zero-order valence-corrected chi connectivity index (χ0v) is 9.32. The van der Waals surface area contributed by atoms with Crippen LogP contribution in [0.25, 0.3) is 0 Å². The summed E-state index contributed by atoms with van der Waals surface area (Å²) in [4.78, 5) is 10.9. The van der Waals surface area contributed by atoms with Gasteiger partial charge in [0, 0.05) is 12.1 Å². The van der Waals surface area contributed by atoms with Crippen LogP contribution in [-0.4, -0.2) is 24.3 Å². The lowest BCUT2D eigenvalue weighted by Gasteiger charge is -2.12. The lowest BCUT2D eigenvalue weighted by molar-refractivity contribution is 0.0697. The van der Waals surface area contributed by atoms with E-state index in [0.29, 0.717) is 24.7 Å². The maximum Gasteiger partial charge on any atom is 0.337 e. The second-order valence-corrected chi connectivity index (χ2v) is 3.06. The van der Waals surface area contributed by atoms with Gasteiger partial charge in [-0.1, -0.05) is 0 Å². The number of anilines is 1. The Hall–Kier alpha value is -1.91. The molecular weight excluding hydrogens is 210 g/mol. The number of aromatic carboxylic acids is 1. The van der Waals surface area contributed by atoms with Gasteiger partial charge in [0.15, 0.2) is 11.5 Å². The van der Waals surface area contributed by atoms with Crippen molar-refractivity contribution in [1.29, 1.82) is 0 Å². The molecule has 1 aromatic carbocycles. The van der Waals surface area contributed by atoms with Gasteiger partial charge in [0.1, 0.15) is 0 Å². The monoisotopic (exact) mass is 225 g/mol. The largest absolute Gasteiger partial charge is 0.490 e. The molecule has 16 heavy (non-hydrogen) atoms. The van der Waals surface area contributed by atoms with Crippen molar-refractivity contribution in [3.05, 3.63) is 17.7 Å². The predicted molar refractivity (Wildman–Crippen MR) is 60.2 cm³/mol. The van der Waals surface area contributed by atoms with Crippen molar-refractivity contribution in [2.24, 2.45) is 0 Å². The molecule has 5 nitrogen and oxygen atoms in total. The summed E-state index contributed by atoms with van der Waals surface area (Å²) in [6.07, 6.45) is 0. The number of carboxylic acid groups (broad SMARTS) is 1. The number of ether oxygens (including phenoxy) is 2. The van der Waals surface area contributed by atoms with Crippen molar-refractivity contribution in [3.8, 4) is 11.5 Å². The van der Waals surface area contributed by atoms with Crippen LogP contribution in [0.1, 0.15) is 24.2 Å². The lowest BCUT2D eigenvalue weighted by atomic mass is 10.1. The summed E-state index contributed by atoms with van der Waals surface area (Å²) in [5, 5.41) is 8.90. The Morgan fingerprint density at radius 2 is 1.75 bits per heavy atom. The first-order valence-corrected chi connectivity index (χ1v) is 5.02. The van der Waals surface area contributed by atoms with E-state index in [9.17, 15) is 4.79 Å².